The molecule has 0 radical (unpaired) electrons. The Bertz CT molecular complexity index is 536. The maximum absolute atomic E-state index is 11.8. The molecule has 4 nitrogen and oxygen atoms in total. The minimum absolute atomic E-state index is 0.0865. The Labute approximate surface area is 103 Å². The van der Waals surface area contributed by atoms with Gasteiger partial charge in [0.05, 0.1) is 4.88 Å². The maximum atomic E-state index is 11.8. The first-order chi connectivity index (χ1) is 8.20. The first-order valence-corrected chi connectivity index (χ1v) is 6.20. The van der Waals surface area contributed by atoms with E-state index in [4.69, 9.17) is 10.8 Å². The van der Waals surface area contributed by atoms with Crippen LogP contribution < -0.4 is 11.1 Å². The average Bonchev–Trinajstić information content (AvgIpc) is 2.72. The van der Waals surface area contributed by atoms with E-state index in [0.29, 0.717) is 23.5 Å². The van der Waals surface area contributed by atoms with Crippen molar-refractivity contribution in [2.75, 3.05) is 18.9 Å². The minimum Gasteiger partial charge on any atom is -0.399 e. The summed E-state index contributed by atoms with van der Waals surface area (Å²) < 4.78 is 1.05. The number of carbonyl (C=O) groups excluding carboxylic acids is 1. The summed E-state index contributed by atoms with van der Waals surface area (Å²) in [5.74, 6) is -0.0989. The molecule has 5 heteroatoms. The number of aliphatic hydroxyl groups excluding tert-OH is 1. The predicted octanol–water partition coefficient (Wildman–Crippen LogP) is 1.60. The van der Waals surface area contributed by atoms with Crippen molar-refractivity contribution in [2.24, 2.45) is 0 Å². The summed E-state index contributed by atoms with van der Waals surface area (Å²) in [6, 6.07) is 7.44. The number of nitrogens with two attached hydrogens (primary N) is 1. The van der Waals surface area contributed by atoms with Gasteiger partial charge in [-0.1, -0.05) is 0 Å². The fourth-order valence-corrected chi connectivity index (χ4v) is 2.50. The molecule has 1 aromatic carbocycles. The molecule has 0 saturated carbocycles. The van der Waals surface area contributed by atoms with Gasteiger partial charge in [-0.15, -0.1) is 11.3 Å². The Morgan fingerprint density at radius 2 is 2.24 bits per heavy atom. The van der Waals surface area contributed by atoms with E-state index in [2.05, 4.69) is 5.32 Å². The van der Waals surface area contributed by atoms with Gasteiger partial charge in [0.15, 0.2) is 0 Å². The number of nitrogens with one attached hydrogen (secondary N) is 1. The molecular formula is C12H14N2O2S. The van der Waals surface area contributed by atoms with Gasteiger partial charge >= 0.3 is 0 Å². The highest BCUT2D eigenvalue weighted by atomic mass is 32.1. The Morgan fingerprint density at radius 3 is 3.00 bits per heavy atom. The number of rotatable bonds is 4. The SMILES string of the molecule is Nc1ccc2sc(C(=O)NCCCO)cc2c1. The lowest BCUT2D eigenvalue weighted by molar-refractivity contribution is 0.0955. The Morgan fingerprint density at radius 1 is 1.41 bits per heavy atom. The monoisotopic (exact) mass is 250 g/mol. The Hall–Kier alpha value is -1.59. The third-order valence-corrected chi connectivity index (χ3v) is 3.50. The van der Waals surface area contributed by atoms with E-state index in [1.54, 1.807) is 0 Å². The molecule has 1 heterocycles. The zero-order valence-electron chi connectivity index (χ0n) is 9.27. The normalized spacial score (nSPS) is 10.6. The molecule has 0 aliphatic heterocycles. The van der Waals surface area contributed by atoms with Gasteiger partial charge in [0.1, 0.15) is 0 Å². The number of hydrogen-bond donors (Lipinski definition) is 3. The summed E-state index contributed by atoms with van der Waals surface area (Å²) in [6.45, 7) is 0.578. The van der Waals surface area contributed by atoms with Gasteiger partial charge in [-0.25, -0.2) is 0 Å². The van der Waals surface area contributed by atoms with Crippen LogP contribution in [0.4, 0.5) is 5.69 Å². The molecule has 1 aromatic heterocycles. The third-order valence-electron chi connectivity index (χ3n) is 2.38. The summed E-state index contributed by atoms with van der Waals surface area (Å²) >= 11 is 1.44. The van der Waals surface area contributed by atoms with Crippen molar-refractivity contribution in [3.8, 4) is 0 Å². The summed E-state index contributed by atoms with van der Waals surface area (Å²) in [4.78, 5) is 12.4. The fourth-order valence-electron chi connectivity index (χ4n) is 1.54. The highest BCUT2D eigenvalue weighted by Crippen LogP contribution is 2.27. The van der Waals surface area contributed by atoms with Crippen molar-refractivity contribution in [1.29, 1.82) is 0 Å². The standard InChI is InChI=1S/C12H14N2O2S/c13-9-2-3-10-8(6-9)7-11(17-10)12(16)14-4-1-5-15/h2-3,6-7,15H,1,4-5,13H2,(H,14,16). The van der Waals surface area contributed by atoms with E-state index in [0.717, 1.165) is 10.1 Å². The molecule has 0 fully saturated rings. The first-order valence-electron chi connectivity index (χ1n) is 5.39. The van der Waals surface area contributed by atoms with Gasteiger partial charge in [0.25, 0.3) is 5.91 Å². The second-order valence-electron chi connectivity index (χ2n) is 3.74. The van der Waals surface area contributed by atoms with Gasteiger partial charge in [-0.2, -0.15) is 0 Å². The molecule has 0 saturated heterocycles. The number of nitrogen functional groups attached to an aromatic ring is 1. The molecule has 0 aliphatic carbocycles. The molecule has 2 rings (SSSR count). The van der Waals surface area contributed by atoms with E-state index in [1.807, 2.05) is 24.3 Å². The van der Waals surface area contributed by atoms with Crippen molar-refractivity contribution >= 4 is 33.0 Å². The van der Waals surface area contributed by atoms with E-state index in [9.17, 15) is 4.79 Å². The highest BCUT2D eigenvalue weighted by Gasteiger charge is 2.09. The molecule has 0 aliphatic rings. The molecular weight excluding hydrogens is 236 g/mol. The average molecular weight is 250 g/mol. The van der Waals surface area contributed by atoms with Crippen LogP contribution in [-0.4, -0.2) is 24.2 Å². The number of benzene rings is 1. The predicted molar refractivity (Wildman–Crippen MR) is 70.3 cm³/mol. The lowest BCUT2D eigenvalue weighted by Crippen LogP contribution is -2.24. The van der Waals surface area contributed by atoms with Crippen molar-refractivity contribution in [3.05, 3.63) is 29.1 Å². The molecule has 0 atom stereocenters. The van der Waals surface area contributed by atoms with Crippen molar-refractivity contribution in [1.82, 2.24) is 5.32 Å². The molecule has 1 amide bonds. The van der Waals surface area contributed by atoms with Crippen LogP contribution in [0.2, 0.25) is 0 Å². The van der Waals surface area contributed by atoms with Gasteiger partial charge in [-0.05, 0) is 36.1 Å². The fraction of sp³-hybridized carbons (Fsp3) is 0.250. The van der Waals surface area contributed by atoms with Gasteiger partial charge in [0, 0.05) is 23.5 Å². The minimum atomic E-state index is -0.0989. The second kappa shape index (κ2) is 5.16. The van der Waals surface area contributed by atoms with Crippen LogP contribution in [0.25, 0.3) is 10.1 Å². The number of hydrogen-bond acceptors (Lipinski definition) is 4. The van der Waals surface area contributed by atoms with E-state index in [1.165, 1.54) is 11.3 Å². The lowest BCUT2D eigenvalue weighted by Gasteiger charge is -2.00. The largest absolute Gasteiger partial charge is 0.399 e. The van der Waals surface area contributed by atoms with Crippen LogP contribution in [0.3, 0.4) is 0 Å². The summed E-state index contributed by atoms with van der Waals surface area (Å²) in [7, 11) is 0. The molecule has 17 heavy (non-hydrogen) atoms. The van der Waals surface area contributed by atoms with Crippen molar-refractivity contribution in [2.45, 2.75) is 6.42 Å². The van der Waals surface area contributed by atoms with Crippen molar-refractivity contribution < 1.29 is 9.90 Å². The molecule has 4 N–H and O–H groups in total. The maximum Gasteiger partial charge on any atom is 0.261 e. The van der Waals surface area contributed by atoms with Gasteiger partial charge < -0.3 is 16.2 Å². The number of fused-ring (bicyclic) bond motifs is 1. The Kier molecular flexibility index (Phi) is 3.61. The smallest absolute Gasteiger partial charge is 0.261 e. The number of anilines is 1. The zero-order chi connectivity index (χ0) is 12.3. The number of thiophene rings is 1. The Balaban J connectivity index is 2.15. The summed E-state index contributed by atoms with van der Waals surface area (Å²) in [5, 5.41) is 12.4. The molecule has 0 spiro atoms. The lowest BCUT2D eigenvalue weighted by atomic mass is 10.2. The summed E-state index contributed by atoms with van der Waals surface area (Å²) in [6.07, 6.45) is 0.573. The van der Waals surface area contributed by atoms with Crippen LogP contribution in [0.5, 0.6) is 0 Å². The summed E-state index contributed by atoms with van der Waals surface area (Å²) in [5.41, 5.74) is 6.38. The van der Waals surface area contributed by atoms with Gasteiger partial charge in [0.2, 0.25) is 0 Å². The van der Waals surface area contributed by atoms with E-state index < -0.39 is 0 Å². The van der Waals surface area contributed by atoms with E-state index in [-0.39, 0.29) is 12.5 Å². The molecule has 0 bridgehead atoms. The quantitative estimate of drug-likeness (QED) is 0.570. The second-order valence-corrected chi connectivity index (χ2v) is 4.82. The van der Waals surface area contributed by atoms with Crippen LogP contribution in [-0.2, 0) is 0 Å². The molecule has 0 unspecified atom stereocenters. The van der Waals surface area contributed by atoms with Crippen LogP contribution in [0, 0.1) is 0 Å². The third kappa shape index (κ3) is 2.75. The number of amides is 1. The first kappa shape index (κ1) is 11.9. The molecule has 90 valence electrons. The van der Waals surface area contributed by atoms with Crippen molar-refractivity contribution in [3.63, 3.8) is 0 Å². The zero-order valence-corrected chi connectivity index (χ0v) is 10.1. The highest BCUT2D eigenvalue weighted by molar-refractivity contribution is 7.20. The topological polar surface area (TPSA) is 75.4 Å². The van der Waals surface area contributed by atoms with Crippen LogP contribution in [0.1, 0.15) is 16.1 Å². The van der Waals surface area contributed by atoms with Gasteiger partial charge in [-0.3, -0.25) is 4.79 Å². The van der Waals surface area contributed by atoms with Crippen LogP contribution >= 0.6 is 11.3 Å². The van der Waals surface area contributed by atoms with E-state index >= 15 is 0 Å². The molecule has 2 aromatic rings. The van der Waals surface area contributed by atoms with Crippen LogP contribution in [0.15, 0.2) is 24.3 Å². The number of aliphatic hydroxyl groups is 1. The number of carbonyl (C=O) groups is 1.